The molecule has 0 saturated carbocycles. The van der Waals surface area contributed by atoms with Gasteiger partial charge < -0.3 is 4.74 Å². The van der Waals surface area contributed by atoms with E-state index in [1.807, 2.05) is 0 Å². The van der Waals surface area contributed by atoms with Crippen LogP contribution in [0.2, 0.25) is 0 Å². The topological polar surface area (TPSA) is 69.4 Å². The molecule has 2 rings (SSSR count). The van der Waals surface area contributed by atoms with Crippen molar-refractivity contribution in [2.24, 2.45) is 0 Å². The van der Waals surface area contributed by atoms with Gasteiger partial charge in [-0.2, -0.15) is 0 Å². The summed E-state index contributed by atoms with van der Waals surface area (Å²) in [5.74, 6) is -1.08. The van der Waals surface area contributed by atoms with Crippen LogP contribution < -0.4 is 0 Å². The summed E-state index contributed by atoms with van der Waals surface area (Å²) in [7, 11) is 1.26. The Kier molecular flexibility index (Phi) is 3.74. The maximum Gasteiger partial charge on any atom is 0.337 e. The highest BCUT2D eigenvalue weighted by Gasteiger charge is 2.16. The molecule has 0 heterocycles. The molecule has 2 aromatic rings. The van der Waals surface area contributed by atoms with E-state index in [9.17, 15) is 19.3 Å². The van der Waals surface area contributed by atoms with Gasteiger partial charge in [-0.25, -0.2) is 9.18 Å². The number of hydrogen-bond acceptors (Lipinski definition) is 4. The van der Waals surface area contributed by atoms with E-state index < -0.39 is 16.7 Å². The number of benzene rings is 2. The number of ether oxygens (including phenoxy) is 1. The highest BCUT2D eigenvalue weighted by atomic mass is 19.1. The van der Waals surface area contributed by atoms with Crippen LogP contribution >= 0.6 is 0 Å². The van der Waals surface area contributed by atoms with Gasteiger partial charge in [-0.05, 0) is 29.8 Å². The van der Waals surface area contributed by atoms with Gasteiger partial charge in [-0.3, -0.25) is 10.1 Å². The number of halogens is 1. The molecule has 0 aliphatic carbocycles. The fraction of sp³-hybridized carbons (Fsp3) is 0.0714. The van der Waals surface area contributed by atoms with E-state index in [0.29, 0.717) is 11.1 Å². The van der Waals surface area contributed by atoms with E-state index in [4.69, 9.17) is 0 Å². The fourth-order valence-corrected chi connectivity index (χ4v) is 1.80. The Morgan fingerprint density at radius 1 is 1.20 bits per heavy atom. The number of methoxy groups -OCH3 is 1. The average molecular weight is 275 g/mol. The molecule has 0 aliphatic rings. The quantitative estimate of drug-likeness (QED) is 0.490. The summed E-state index contributed by atoms with van der Waals surface area (Å²) in [5, 5.41) is 10.9. The summed E-state index contributed by atoms with van der Waals surface area (Å²) in [6.45, 7) is 0. The number of carbonyl (C=O) groups is 1. The zero-order chi connectivity index (χ0) is 14.7. The molecule has 5 nitrogen and oxygen atoms in total. The lowest BCUT2D eigenvalue weighted by molar-refractivity contribution is -0.384. The summed E-state index contributed by atoms with van der Waals surface area (Å²) in [5.41, 5.74) is 0.725. The zero-order valence-electron chi connectivity index (χ0n) is 10.5. The van der Waals surface area contributed by atoms with E-state index in [2.05, 4.69) is 4.74 Å². The van der Waals surface area contributed by atoms with E-state index in [1.54, 1.807) is 0 Å². The van der Waals surface area contributed by atoms with Gasteiger partial charge in [0.25, 0.3) is 5.69 Å². The molecule has 0 bridgehead atoms. The van der Waals surface area contributed by atoms with Gasteiger partial charge in [-0.1, -0.05) is 12.1 Å². The molecule has 0 radical (unpaired) electrons. The molecular weight excluding hydrogens is 265 g/mol. The van der Waals surface area contributed by atoms with Gasteiger partial charge in [0.1, 0.15) is 5.82 Å². The molecule has 0 fully saturated rings. The summed E-state index contributed by atoms with van der Waals surface area (Å²) in [6.07, 6.45) is 0. The van der Waals surface area contributed by atoms with Crippen molar-refractivity contribution >= 4 is 11.7 Å². The number of nitro benzene ring substituents is 1. The molecular formula is C14H10FNO4. The van der Waals surface area contributed by atoms with Crippen molar-refractivity contribution in [1.82, 2.24) is 0 Å². The lowest BCUT2D eigenvalue weighted by Crippen LogP contribution is -2.00. The number of nitro groups is 1. The molecule has 0 amide bonds. The summed E-state index contributed by atoms with van der Waals surface area (Å²) in [4.78, 5) is 21.7. The molecule has 0 atom stereocenters. The fourth-order valence-electron chi connectivity index (χ4n) is 1.80. The number of carbonyl (C=O) groups excluding carboxylic acids is 1. The summed E-state index contributed by atoms with van der Waals surface area (Å²) >= 11 is 0. The first-order valence-corrected chi connectivity index (χ1v) is 5.65. The standard InChI is InChI=1S/C14H10FNO4/c1-20-14(17)10-4-2-9(3-5-10)12-8-11(15)6-7-13(12)16(18)19/h2-8H,1H3. The smallest absolute Gasteiger partial charge is 0.337 e. The molecule has 0 unspecified atom stereocenters. The van der Waals surface area contributed by atoms with Gasteiger partial charge in [-0.15, -0.1) is 0 Å². The second-order valence-corrected chi connectivity index (χ2v) is 3.99. The predicted molar refractivity (Wildman–Crippen MR) is 69.8 cm³/mol. The molecule has 102 valence electrons. The van der Waals surface area contributed by atoms with Crippen LogP contribution in [0.15, 0.2) is 42.5 Å². The van der Waals surface area contributed by atoms with Crippen molar-refractivity contribution in [2.45, 2.75) is 0 Å². The van der Waals surface area contributed by atoms with Crippen LogP contribution in [0, 0.1) is 15.9 Å². The Morgan fingerprint density at radius 3 is 2.40 bits per heavy atom. The maximum atomic E-state index is 13.3. The van der Waals surface area contributed by atoms with Crippen LogP contribution in [0.3, 0.4) is 0 Å². The number of rotatable bonds is 3. The van der Waals surface area contributed by atoms with E-state index in [1.165, 1.54) is 31.4 Å². The normalized spacial score (nSPS) is 10.1. The highest BCUT2D eigenvalue weighted by molar-refractivity contribution is 5.90. The van der Waals surface area contributed by atoms with Gasteiger partial charge in [0.15, 0.2) is 0 Å². The van der Waals surface area contributed by atoms with Crippen LogP contribution in [0.5, 0.6) is 0 Å². The predicted octanol–water partition coefficient (Wildman–Crippen LogP) is 3.19. The van der Waals surface area contributed by atoms with E-state index >= 15 is 0 Å². The van der Waals surface area contributed by atoms with Gasteiger partial charge in [0.05, 0.1) is 23.2 Å². The minimum Gasteiger partial charge on any atom is -0.465 e. The molecule has 0 aliphatic heterocycles. The number of nitrogens with zero attached hydrogens (tertiary/aromatic N) is 1. The first kappa shape index (κ1) is 13.7. The van der Waals surface area contributed by atoms with E-state index in [0.717, 1.165) is 18.2 Å². The second kappa shape index (κ2) is 5.48. The molecule has 0 saturated heterocycles. The first-order valence-electron chi connectivity index (χ1n) is 5.65. The van der Waals surface area contributed by atoms with Crippen LogP contribution in [0.4, 0.5) is 10.1 Å². The lowest BCUT2D eigenvalue weighted by atomic mass is 10.0. The van der Waals surface area contributed by atoms with Crippen LogP contribution in [-0.4, -0.2) is 18.0 Å². The van der Waals surface area contributed by atoms with Gasteiger partial charge >= 0.3 is 5.97 Å². The first-order chi connectivity index (χ1) is 9.52. The summed E-state index contributed by atoms with van der Waals surface area (Å²) < 4.78 is 17.8. The Hall–Kier alpha value is -2.76. The molecule has 2 aromatic carbocycles. The number of hydrogen-bond donors (Lipinski definition) is 0. The molecule has 0 aromatic heterocycles. The average Bonchev–Trinajstić information content (AvgIpc) is 2.46. The van der Waals surface area contributed by atoms with Crippen molar-refractivity contribution in [3.8, 4) is 11.1 Å². The Balaban J connectivity index is 2.48. The Bertz CT molecular complexity index is 667. The highest BCUT2D eigenvalue weighted by Crippen LogP contribution is 2.30. The van der Waals surface area contributed by atoms with Gasteiger partial charge in [0, 0.05) is 6.07 Å². The van der Waals surface area contributed by atoms with Crippen molar-refractivity contribution in [1.29, 1.82) is 0 Å². The molecule has 20 heavy (non-hydrogen) atoms. The zero-order valence-corrected chi connectivity index (χ0v) is 10.5. The second-order valence-electron chi connectivity index (χ2n) is 3.99. The Morgan fingerprint density at radius 2 is 1.85 bits per heavy atom. The van der Waals surface area contributed by atoms with Crippen LogP contribution in [0.1, 0.15) is 10.4 Å². The largest absolute Gasteiger partial charge is 0.465 e. The molecule has 6 heteroatoms. The van der Waals surface area contributed by atoms with Crippen molar-refractivity contribution in [3.63, 3.8) is 0 Å². The van der Waals surface area contributed by atoms with Crippen LogP contribution in [-0.2, 0) is 4.74 Å². The van der Waals surface area contributed by atoms with Crippen molar-refractivity contribution < 1.29 is 18.8 Å². The molecule has 0 N–H and O–H groups in total. The third-order valence-electron chi connectivity index (χ3n) is 2.77. The minimum atomic E-state index is -0.580. The van der Waals surface area contributed by atoms with E-state index in [-0.39, 0.29) is 11.3 Å². The monoisotopic (exact) mass is 275 g/mol. The van der Waals surface area contributed by atoms with Gasteiger partial charge in [0.2, 0.25) is 0 Å². The number of esters is 1. The van der Waals surface area contributed by atoms with Crippen molar-refractivity contribution in [3.05, 3.63) is 64.0 Å². The third kappa shape index (κ3) is 2.64. The maximum absolute atomic E-state index is 13.3. The van der Waals surface area contributed by atoms with Crippen molar-refractivity contribution in [2.75, 3.05) is 7.11 Å². The lowest BCUT2D eigenvalue weighted by Gasteiger charge is -2.05. The molecule has 0 spiro atoms. The Labute approximate surface area is 113 Å². The van der Waals surface area contributed by atoms with Crippen LogP contribution in [0.25, 0.3) is 11.1 Å². The minimum absolute atomic E-state index is 0.159. The third-order valence-corrected chi connectivity index (χ3v) is 2.77. The summed E-state index contributed by atoms with van der Waals surface area (Å²) in [6, 6.07) is 9.18. The SMILES string of the molecule is COC(=O)c1ccc(-c2cc(F)ccc2[N+](=O)[O-])cc1.